The quantitative estimate of drug-likeness (QED) is 0.337. The first-order valence-corrected chi connectivity index (χ1v) is 10.8. The monoisotopic (exact) mass is 424 g/mol. The third-order valence-corrected chi connectivity index (χ3v) is 5.76. The van der Waals surface area contributed by atoms with Gasteiger partial charge in [-0.1, -0.05) is 32.0 Å². The number of hydrogen-bond acceptors (Lipinski definition) is 4. The minimum atomic E-state index is 0.439. The van der Waals surface area contributed by atoms with E-state index in [1.54, 1.807) is 14.2 Å². The molecule has 4 heteroatoms. The average molecular weight is 425 g/mol. The lowest BCUT2D eigenvalue weighted by Gasteiger charge is -2.16. The maximum absolute atomic E-state index is 5.33. The summed E-state index contributed by atoms with van der Waals surface area (Å²) in [7, 11) is 3.34. The van der Waals surface area contributed by atoms with Crippen LogP contribution in [0.3, 0.4) is 0 Å². The molecule has 0 spiro atoms. The third-order valence-electron chi connectivity index (χ3n) is 5.76. The second kappa shape index (κ2) is 9.23. The summed E-state index contributed by atoms with van der Waals surface area (Å²) >= 11 is 0. The molecule has 4 rings (SSSR count). The molecule has 1 heterocycles. The maximum atomic E-state index is 5.33. The number of methoxy groups -OCH3 is 2. The van der Waals surface area contributed by atoms with Gasteiger partial charge in [0, 0.05) is 16.7 Å². The summed E-state index contributed by atoms with van der Waals surface area (Å²) in [6.45, 7) is 6.57. The Kier molecular flexibility index (Phi) is 6.22. The normalized spacial score (nSPS) is 10.9. The SMILES string of the molecule is COc1ccc(-c2cc(-c3cc(C(C)C)ccc3C)c(-c3ccc(OC)cc3)nn2)cc1. The van der Waals surface area contributed by atoms with Crippen LogP contribution in [0.4, 0.5) is 0 Å². The van der Waals surface area contributed by atoms with Crippen molar-refractivity contribution in [3.8, 4) is 45.1 Å². The van der Waals surface area contributed by atoms with Crippen molar-refractivity contribution >= 4 is 0 Å². The maximum Gasteiger partial charge on any atom is 0.118 e. The minimum Gasteiger partial charge on any atom is -0.497 e. The second-order valence-electron chi connectivity index (χ2n) is 8.18. The Morgan fingerprint density at radius 1 is 0.656 bits per heavy atom. The Balaban J connectivity index is 1.91. The summed E-state index contributed by atoms with van der Waals surface area (Å²) in [6.07, 6.45) is 0. The minimum absolute atomic E-state index is 0.439. The predicted octanol–water partition coefficient (Wildman–Crippen LogP) is 6.93. The Labute approximate surface area is 189 Å². The van der Waals surface area contributed by atoms with Gasteiger partial charge in [-0.25, -0.2) is 0 Å². The second-order valence-corrected chi connectivity index (χ2v) is 8.18. The number of ether oxygens (including phenoxy) is 2. The van der Waals surface area contributed by atoms with Crippen molar-refractivity contribution in [2.75, 3.05) is 14.2 Å². The van der Waals surface area contributed by atoms with Crippen molar-refractivity contribution in [3.63, 3.8) is 0 Å². The number of rotatable bonds is 6. The lowest BCUT2D eigenvalue weighted by atomic mass is 9.91. The summed E-state index contributed by atoms with van der Waals surface area (Å²) < 4.78 is 10.6. The van der Waals surface area contributed by atoms with E-state index in [9.17, 15) is 0 Å². The van der Waals surface area contributed by atoms with E-state index in [-0.39, 0.29) is 0 Å². The van der Waals surface area contributed by atoms with Crippen LogP contribution in [0.15, 0.2) is 72.8 Å². The smallest absolute Gasteiger partial charge is 0.118 e. The summed E-state index contributed by atoms with van der Waals surface area (Å²) in [5, 5.41) is 9.27. The van der Waals surface area contributed by atoms with Gasteiger partial charge in [0.15, 0.2) is 0 Å². The fourth-order valence-corrected chi connectivity index (χ4v) is 3.75. The molecule has 32 heavy (non-hydrogen) atoms. The largest absolute Gasteiger partial charge is 0.497 e. The summed E-state index contributed by atoms with van der Waals surface area (Å²) in [5.74, 6) is 2.07. The van der Waals surface area contributed by atoms with E-state index >= 15 is 0 Å². The van der Waals surface area contributed by atoms with E-state index in [1.165, 1.54) is 16.7 Å². The molecule has 162 valence electrons. The molecule has 0 unspecified atom stereocenters. The van der Waals surface area contributed by atoms with Crippen molar-refractivity contribution in [2.45, 2.75) is 26.7 Å². The molecule has 0 N–H and O–H groups in total. The number of nitrogens with zero attached hydrogens (tertiary/aromatic N) is 2. The molecule has 0 fully saturated rings. The Bertz CT molecular complexity index is 1210. The molecule has 0 amide bonds. The van der Waals surface area contributed by atoms with E-state index in [2.05, 4.69) is 50.1 Å². The van der Waals surface area contributed by atoms with Crippen LogP contribution in [0, 0.1) is 6.92 Å². The van der Waals surface area contributed by atoms with Gasteiger partial charge in [0.05, 0.1) is 19.9 Å². The Morgan fingerprint density at radius 3 is 1.81 bits per heavy atom. The molecular formula is C28H28N2O2. The van der Waals surface area contributed by atoms with Crippen molar-refractivity contribution < 1.29 is 9.47 Å². The van der Waals surface area contributed by atoms with Crippen molar-refractivity contribution in [1.82, 2.24) is 10.2 Å². The lowest BCUT2D eigenvalue weighted by Crippen LogP contribution is -1.98. The highest BCUT2D eigenvalue weighted by Crippen LogP contribution is 2.36. The van der Waals surface area contributed by atoms with Crippen molar-refractivity contribution in [1.29, 1.82) is 0 Å². The van der Waals surface area contributed by atoms with Crippen LogP contribution in [0.2, 0.25) is 0 Å². The van der Waals surface area contributed by atoms with E-state index < -0.39 is 0 Å². The molecule has 0 radical (unpaired) electrons. The van der Waals surface area contributed by atoms with Gasteiger partial charge >= 0.3 is 0 Å². The van der Waals surface area contributed by atoms with Crippen LogP contribution in [0.5, 0.6) is 11.5 Å². The zero-order valence-corrected chi connectivity index (χ0v) is 19.2. The molecule has 0 saturated carbocycles. The number of aryl methyl sites for hydroxylation is 1. The molecular weight excluding hydrogens is 396 g/mol. The van der Waals surface area contributed by atoms with Gasteiger partial charge < -0.3 is 9.47 Å². The van der Waals surface area contributed by atoms with Crippen LogP contribution in [0.25, 0.3) is 33.6 Å². The lowest BCUT2D eigenvalue weighted by molar-refractivity contribution is 0.414. The van der Waals surface area contributed by atoms with Crippen LogP contribution in [-0.4, -0.2) is 24.4 Å². The van der Waals surface area contributed by atoms with E-state index in [0.29, 0.717) is 5.92 Å². The van der Waals surface area contributed by atoms with Crippen LogP contribution < -0.4 is 9.47 Å². The highest BCUT2D eigenvalue weighted by Gasteiger charge is 2.16. The zero-order valence-electron chi connectivity index (χ0n) is 19.2. The standard InChI is InChI=1S/C28H28N2O2/c1-18(2)22-7-6-19(3)25(16-22)26-17-27(20-8-12-23(31-4)13-9-20)29-30-28(26)21-10-14-24(32-5)15-11-21/h6-18H,1-5H3. The summed E-state index contributed by atoms with van der Waals surface area (Å²) in [6, 6.07) is 24.7. The molecule has 4 nitrogen and oxygen atoms in total. The summed E-state index contributed by atoms with van der Waals surface area (Å²) in [5.41, 5.74) is 8.43. The van der Waals surface area contributed by atoms with Gasteiger partial charge in [0.1, 0.15) is 17.2 Å². The van der Waals surface area contributed by atoms with Gasteiger partial charge in [-0.15, -0.1) is 10.2 Å². The number of benzene rings is 3. The fraction of sp³-hybridized carbons (Fsp3) is 0.214. The Morgan fingerprint density at radius 2 is 1.25 bits per heavy atom. The number of hydrogen-bond donors (Lipinski definition) is 0. The fourth-order valence-electron chi connectivity index (χ4n) is 3.75. The van der Waals surface area contributed by atoms with Crippen LogP contribution >= 0.6 is 0 Å². The average Bonchev–Trinajstić information content (AvgIpc) is 2.84. The number of aromatic nitrogens is 2. The van der Waals surface area contributed by atoms with E-state index in [4.69, 9.17) is 14.6 Å². The zero-order chi connectivity index (χ0) is 22.7. The van der Waals surface area contributed by atoms with Crippen molar-refractivity contribution in [2.24, 2.45) is 0 Å². The van der Waals surface area contributed by atoms with Crippen molar-refractivity contribution in [3.05, 3.63) is 83.9 Å². The predicted molar refractivity (Wildman–Crippen MR) is 130 cm³/mol. The summed E-state index contributed by atoms with van der Waals surface area (Å²) in [4.78, 5) is 0. The molecule has 0 aliphatic carbocycles. The highest BCUT2D eigenvalue weighted by atomic mass is 16.5. The van der Waals surface area contributed by atoms with Gasteiger partial charge in [-0.2, -0.15) is 0 Å². The van der Waals surface area contributed by atoms with Gasteiger partial charge in [0.25, 0.3) is 0 Å². The Hall–Kier alpha value is -3.66. The first-order chi connectivity index (χ1) is 15.5. The topological polar surface area (TPSA) is 44.2 Å². The molecule has 0 bridgehead atoms. The van der Waals surface area contributed by atoms with Crippen LogP contribution in [-0.2, 0) is 0 Å². The molecule has 0 aliphatic rings. The van der Waals surface area contributed by atoms with Crippen LogP contribution in [0.1, 0.15) is 30.9 Å². The molecule has 0 atom stereocenters. The first-order valence-electron chi connectivity index (χ1n) is 10.8. The van der Waals surface area contributed by atoms with E-state index in [0.717, 1.165) is 39.6 Å². The molecule has 1 aromatic heterocycles. The van der Waals surface area contributed by atoms with Gasteiger partial charge in [-0.3, -0.25) is 0 Å². The molecule has 0 saturated heterocycles. The molecule has 4 aromatic rings. The highest BCUT2D eigenvalue weighted by molar-refractivity contribution is 5.84. The van der Waals surface area contributed by atoms with Gasteiger partial charge in [-0.05, 0) is 84.1 Å². The molecule has 0 aliphatic heterocycles. The van der Waals surface area contributed by atoms with E-state index in [1.807, 2.05) is 48.5 Å². The first kappa shape index (κ1) is 21.6. The third kappa shape index (κ3) is 4.35. The van der Waals surface area contributed by atoms with Gasteiger partial charge in [0.2, 0.25) is 0 Å². The molecule has 3 aromatic carbocycles.